The van der Waals surface area contributed by atoms with E-state index >= 15 is 0 Å². The Morgan fingerprint density at radius 2 is 1.87 bits per heavy atom. The topological polar surface area (TPSA) is 20.3 Å². The standard InChI is InChI=1S/C13H25NO/c1-3-14(4-2)13(15)11-10-12-8-6-5-7-9-12/h12H,3-11H2,1-2H3/i10D,11D. The summed E-state index contributed by atoms with van der Waals surface area (Å²) in [7, 11) is 0. The molecule has 2 nitrogen and oxygen atoms in total. The third-order valence-electron chi connectivity index (χ3n) is 3.24. The van der Waals surface area contributed by atoms with Gasteiger partial charge in [0, 0.05) is 22.2 Å². The smallest absolute Gasteiger partial charge is 0.222 e. The van der Waals surface area contributed by atoms with Crippen LogP contribution in [0.15, 0.2) is 0 Å². The zero-order valence-electron chi connectivity index (χ0n) is 12.0. The van der Waals surface area contributed by atoms with Crippen LogP contribution in [-0.4, -0.2) is 23.9 Å². The van der Waals surface area contributed by atoms with Crippen LogP contribution < -0.4 is 0 Å². The number of nitrogens with zero attached hydrogens (tertiary/aromatic N) is 1. The summed E-state index contributed by atoms with van der Waals surface area (Å²) in [4.78, 5) is 13.7. The molecule has 0 N–H and O–H groups in total. The second kappa shape index (κ2) is 6.86. The number of hydrogen-bond donors (Lipinski definition) is 0. The molecule has 1 aliphatic carbocycles. The molecular weight excluding hydrogens is 186 g/mol. The summed E-state index contributed by atoms with van der Waals surface area (Å²) in [5, 5.41) is 0. The van der Waals surface area contributed by atoms with Crippen molar-refractivity contribution >= 4 is 5.91 Å². The van der Waals surface area contributed by atoms with E-state index in [2.05, 4.69) is 0 Å². The second-order valence-corrected chi connectivity index (χ2v) is 4.27. The molecule has 0 heterocycles. The molecule has 0 aromatic rings. The minimum atomic E-state index is -0.891. The summed E-state index contributed by atoms with van der Waals surface area (Å²) in [5.74, 6) is 0.0892. The zero-order valence-corrected chi connectivity index (χ0v) is 10.0. The Balaban J connectivity index is 2.54. The van der Waals surface area contributed by atoms with Crippen LogP contribution >= 0.6 is 0 Å². The van der Waals surface area contributed by atoms with Gasteiger partial charge in [-0.05, 0) is 26.2 Å². The summed E-state index contributed by atoms with van der Waals surface area (Å²) >= 11 is 0. The normalized spacial score (nSPS) is 23.9. The number of rotatable bonds is 5. The first-order valence-electron chi connectivity index (χ1n) is 7.40. The van der Waals surface area contributed by atoms with E-state index in [1.807, 2.05) is 13.8 Å². The van der Waals surface area contributed by atoms with E-state index in [0.717, 1.165) is 25.7 Å². The van der Waals surface area contributed by atoms with Gasteiger partial charge >= 0.3 is 0 Å². The van der Waals surface area contributed by atoms with Crippen molar-refractivity contribution in [1.82, 2.24) is 4.90 Å². The van der Waals surface area contributed by atoms with Crippen molar-refractivity contribution in [3.8, 4) is 0 Å². The summed E-state index contributed by atoms with van der Waals surface area (Å²) < 4.78 is 16.1. The minimum absolute atomic E-state index is 0.166. The van der Waals surface area contributed by atoms with E-state index in [0.29, 0.717) is 13.1 Å². The minimum Gasteiger partial charge on any atom is -0.343 e. The molecule has 1 fully saturated rings. The molecule has 2 atom stereocenters. The molecule has 0 spiro atoms. The van der Waals surface area contributed by atoms with Crippen molar-refractivity contribution in [1.29, 1.82) is 0 Å². The lowest BCUT2D eigenvalue weighted by atomic mass is 9.86. The van der Waals surface area contributed by atoms with Crippen LogP contribution in [0.25, 0.3) is 0 Å². The molecule has 1 saturated carbocycles. The van der Waals surface area contributed by atoms with Crippen molar-refractivity contribution in [2.24, 2.45) is 5.92 Å². The lowest BCUT2D eigenvalue weighted by Gasteiger charge is -2.23. The number of carbonyl (C=O) groups is 1. The highest BCUT2D eigenvalue weighted by Gasteiger charge is 2.16. The van der Waals surface area contributed by atoms with Crippen LogP contribution in [0.2, 0.25) is 0 Å². The van der Waals surface area contributed by atoms with Gasteiger partial charge in [0.2, 0.25) is 5.91 Å². The van der Waals surface area contributed by atoms with Gasteiger partial charge < -0.3 is 4.90 Å². The summed E-state index contributed by atoms with van der Waals surface area (Å²) in [6.07, 6.45) is 4.18. The van der Waals surface area contributed by atoms with Gasteiger partial charge in [0.1, 0.15) is 0 Å². The molecule has 2 unspecified atom stereocenters. The molecule has 1 amide bonds. The highest BCUT2D eigenvalue weighted by Crippen LogP contribution is 2.27. The van der Waals surface area contributed by atoms with Gasteiger partial charge in [-0.25, -0.2) is 0 Å². The average Bonchev–Trinajstić information content (AvgIpc) is 2.39. The summed E-state index contributed by atoms with van der Waals surface area (Å²) in [5.41, 5.74) is 0. The fourth-order valence-electron chi connectivity index (χ4n) is 2.19. The van der Waals surface area contributed by atoms with E-state index in [4.69, 9.17) is 2.74 Å². The maximum atomic E-state index is 12.0. The van der Waals surface area contributed by atoms with Gasteiger partial charge in [-0.2, -0.15) is 0 Å². The Morgan fingerprint density at radius 1 is 1.27 bits per heavy atom. The summed E-state index contributed by atoms with van der Waals surface area (Å²) in [6, 6.07) is 0. The molecular formula is C13H25NO. The van der Waals surface area contributed by atoms with Crippen molar-refractivity contribution in [2.75, 3.05) is 13.1 Å². The molecule has 2 heteroatoms. The van der Waals surface area contributed by atoms with Crippen LogP contribution in [0.5, 0.6) is 0 Å². The average molecular weight is 213 g/mol. The molecule has 15 heavy (non-hydrogen) atoms. The van der Waals surface area contributed by atoms with Gasteiger partial charge in [0.05, 0.1) is 0 Å². The zero-order chi connectivity index (χ0) is 12.8. The Kier molecular flexibility index (Phi) is 4.43. The van der Waals surface area contributed by atoms with E-state index in [9.17, 15) is 4.79 Å². The van der Waals surface area contributed by atoms with Crippen molar-refractivity contribution < 1.29 is 7.54 Å². The Morgan fingerprint density at radius 3 is 2.40 bits per heavy atom. The molecule has 0 aromatic heterocycles. The molecule has 0 saturated heterocycles. The van der Waals surface area contributed by atoms with Crippen LogP contribution in [0.1, 0.15) is 61.5 Å². The summed E-state index contributed by atoms with van der Waals surface area (Å²) in [6.45, 7) is 5.13. The van der Waals surface area contributed by atoms with Crippen molar-refractivity contribution in [3.63, 3.8) is 0 Å². The molecule has 0 radical (unpaired) electrons. The molecule has 0 bridgehead atoms. The third kappa shape index (κ3) is 4.23. The van der Waals surface area contributed by atoms with Gasteiger partial charge in [-0.15, -0.1) is 0 Å². The molecule has 1 rings (SSSR count). The van der Waals surface area contributed by atoms with E-state index < -0.39 is 12.8 Å². The Hall–Kier alpha value is -0.530. The maximum absolute atomic E-state index is 12.0. The predicted octanol–water partition coefficient (Wildman–Crippen LogP) is 3.22. The molecule has 0 aromatic carbocycles. The quantitative estimate of drug-likeness (QED) is 0.686. The highest BCUT2D eigenvalue weighted by atomic mass is 16.2. The van der Waals surface area contributed by atoms with Gasteiger partial charge in [-0.1, -0.05) is 32.1 Å². The Bertz CT molecular complexity index is 238. The molecule has 0 aliphatic heterocycles. The monoisotopic (exact) mass is 213 g/mol. The van der Waals surface area contributed by atoms with Crippen LogP contribution in [-0.2, 0) is 4.79 Å². The van der Waals surface area contributed by atoms with Gasteiger partial charge in [0.15, 0.2) is 0 Å². The van der Waals surface area contributed by atoms with Gasteiger partial charge in [0.25, 0.3) is 0 Å². The predicted molar refractivity (Wildman–Crippen MR) is 63.7 cm³/mol. The molecule has 88 valence electrons. The number of hydrogen-bond acceptors (Lipinski definition) is 1. The largest absolute Gasteiger partial charge is 0.343 e. The van der Waals surface area contributed by atoms with E-state index in [1.54, 1.807) is 4.90 Å². The van der Waals surface area contributed by atoms with Crippen LogP contribution in [0.4, 0.5) is 0 Å². The first kappa shape index (κ1) is 9.68. The first-order valence-corrected chi connectivity index (χ1v) is 6.25. The number of carbonyl (C=O) groups excluding carboxylic acids is 1. The number of amides is 1. The van der Waals surface area contributed by atoms with Crippen molar-refractivity contribution in [2.45, 2.75) is 58.7 Å². The fraction of sp³-hybridized carbons (Fsp3) is 0.923. The van der Waals surface area contributed by atoms with Crippen LogP contribution in [0.3, 0.4) is 0 Å². The fourth-order valence-corrected chi connectivity index (χ4v) is 2.19. The Labute approximate surface area is 96.8 Å². The highest BCUT2D eigenvalue weighted by molar-refractivity contribution is 5.76. The lowest BCUT2D eigenvalue weighted by Crippen LogP contribution is -2.30. The lowest BCUT2D eigenvalue weighted by molar-refractivity contribution is -0.131. The van der Waals surface area contributed by atoms with Gasteiger partial charge in [-0.3, -0.25) is 4.79 Å². The van der Waals surface area contributed by atoms with E-state index in [-0.39, 0.29) is 11.8 Å². The van der Waals surface area contributed by atoms with Crippen LogP contribution in [0, 0.1) is 5.92 Å². The van der Waals surface area contributed by atoms with E-state index in [1.165, 1.54) is 6.42 Å². The maximum Gasteiger partial charge on any atom is 0.222 e. The SMILES string of the molecule is [2H]C(C(=O)N(CC)CC)C([2H])C1CCCCC1. The van der Waals surface area contributed by atoms with Crippen molar-refractivity contribution in [3.05, 3.63) is 0 Å². The third-order valence-corrected chi connectivity index (χ3v) is 3.24. The second-order valence-electron chi connectivity index (χ2n) is 4.27. The first-order chi connectivity index (χ1) is 8.11. The molecule has 1 aliphatic rings.